The monoisotopic (exact) mass is 303 g/mol. The SMILES string of the molecule is CCn1nc(C)c(C(C)NC2CCCc3sccc32)c1C. The molecule has 0 amide bonds. The quantitative estimate of drug-likeness (QED) is 0.912. The molecular weight excluding hydrogens is 278 g/mol. The molecule has 2 aromatic rings. The predicted octanol–water partition coefficient (Wildman–Crippen LogP) is 4.31. The van der Waals surface area contributed by atoms with E-state index in [0.717, 1.165) is 12.2 Å². The summed E-state index contributed by atoms with van der Waals surface area (Å²) < 4.78 is 2.11. The van der Waals surface area contributed by atoms with Gasteiger partial charge in [0.05, 0.1) is 5.69 Å². The van der Waals surface area contributed by atoms with Gasteiger partial charge in [-0.05, 0) is 64.0 Å². The van der Waals surface area contributed by atoms with Crippen LogP contribution in [0, 0.1) is 13.8 Å². The second kappa shape index (κ2) is 5.93. The molecule has 4 heteroatoms. The fraction of sp³-hybridized carbons (Fsp3) is 0.588. The number of nitrogens with zero attached hydrogens (tertiary/aromatic N) is 2. The number of nitrogens with one attached hydrogen (secondary N) is 1. The van der Waals surface area contributed by atoms with Gasteiger partial charge in [-0.25, -0.2) is 0 Å². The standard InChI is InChI=1S/C17H25N3S/c1-5-20-13(4)17(12(3)19-20)11(2)18-15-7-6-8-16-14(15)9-10-21-16/h9-11,15,18H,5-8H2,1-4H3. The molecule has 0 aromatic carbocycles. The largest absolute Gasteiger partial charge is 0.303 e. The van der Waals surface area contributed by atoms with Crippen LogP contribution in [0.15, 0.2) is 11.4 Å². The summed E-state index contributed by atoms with van der Waals surface area (Å²) in [6.07, 6.45) is 3.80. The van der Waals surface area contributed by atoms with E-state index in [1.54, 1.807) is 4.88 Å². The molecule has 0 radical (unpaired) electrons. The van der Waals surface area contributed by atoms with Gasteiger partial charge in [-0.2, -0.15) is 5.10 Å². The van der Waals surface area contributed by atoms with Crippen molar-refractivity contribution < 1.29 is 0 Å². The second-order valence-corrected chi connectivity index (χ2v) is 7.03. The van der Waals surface area contributed by atoms with Crippen LogP contribution in [0.25, 0.3) is 0 Å². The molecule has 0 aliphatic heterocycles. The van der Waals surface area contributed by atoms with E-state index in [9.17, 15) is 0 Å². The summed E-state index contributed by atoms with van der Waals surface area (Å²) >= 11 is 1.91. The van der Waals surface area contributed by atoms with Gasteiger partial charge < -0.3 is 5.32 Å². The summed E-state index contributed by atoms with van der Waals surface area (Å²) in [6, 6.07) is 3.15. The van der Waals surface area contributed by atoms with Crippen LogP contribution in [0.2, 0.25) is 0 Å². The van der Waals surface area contributed by atoms with Crippen molar-refractivity contribution in [1.82, 2.24) is 15.1 Å². The third-order valence-corrected chi connectivity index (χ3v) is 5.67. The maximum Gasteiger partial charge on any atom is 0.0644 e. The Bertz CT molecular complexity index is 626. The second-order valence-electron chi connectivity index (χ2n) is 6.03. The number of hydrogen-bond donors (Lipinski definition) is 1. The molecule has 0 bridgehead atoms. The van der Waals surface area contributed by atoms with E-state index in [1.807, 2.05) is 11.3 Å². The van der Waals surface area contributed by atoms with Crippen molar-refractivity contribution in [2.45, 2.75) is 65.6 Å². The van der Waals surface area contributed by atoms with Crippen molar-refractivity contribution in [2.24, 2.45) is 0 Å². The van der Waals surface area contributed by atoms with Crippen molar-refractivity contribution in [1.29, 1.82) is 0 Å². The molecule has 0 spiro atoms. The van der Waals surface area contributed by atoms with Gasteiger partial charge in [0, 0.05) is 34.8 Å². The first-order valence-electron chi connectivity index (χ1n) is 7.98. The van der Waals surface area contributed by atoms with Crippen molar-refractivity contribution in [3.8, 4) is 0 Å². The van der Waals surface area contributed by atoms with Crippen molar-refractivity contribution in [3.63, 3.8) is 0 Å². The van der Waals surface area contributed by atoms with Crippen LogP contribution < -0.4 is 5.32 Å². The van der Waals surface area contributed by atoms with Gasteiger partial charge in [-0.3, -0.25) is 4.68 Å². The molecule has 2 atom stereocenters. The van der Waals surface area contributed by atoms with Gasteiger partial charge in [0.25, 0.3) is 0 Å². The van der Waals surface area contributed by atoms with Gasteiger partial charge in [0.15, 0.2) is 0 Å². The van der Waals surface area contributed by atoms with Crippen LogP contribution in [0.3, 0.4) is 0 Å². The first kappa shape index (κ1) is 14.8. The molecule has 3 nitrogen and oxygen atoms in total. The highest BCUT2D eigenvalue weighted by Gasteiger charge is 2.25. The number of fused-ring (bicyclic) bond motifs is 1. The average Bonchev–Trinajstić information content (AvgIpc) is 3.04. The Morgan fingerprint density at radius 1 is 1.48 bits per heavy atom. The lowest BCUT2D eigenvalue weighted by molar-refractivity contribution is 0.416. The minimum atomic E-state index is 0.348. The normalized spacial score (nSPS) is 19.5. The lowest BCUT2D eigenvalue weighted by atomic mass is 9.92. The number of aromatic nitrogens is 2. The predicted molar refractivity (Wildman–Crippen MR) is 88.9 cm³/mol. The summed E-state index contributed by atoms with van der Waals surface area (Å²) in [6.45, 7) is 9.69. The van der Waals surface area contributed by atoms with Crippen LogP contribution in [-0.4, -0.2) is 9.78 Å². The lowest BCUT2D eigenvalue weighted by Gasteiger charge is -2.27. The van der Waals surface area contributed by atoms with Crippen molar-refractivity contribution in [2.75, 3.05) is 0 Å². The fourth-order valence-corrected chi connectivity index (χ4v) is 4.68. The zero-order chi connectivity index (χ0) is 15.0. The maximum atomic E-state index is 4.66. The Balaban J connectivity index is 1.82. The number of aryl methyl sites for hydroxylation is 3. The molecule has 2 heterocycles. The van der Waals surface area contributed by atoms with Crippen molar-refractivity contribution >= 4 is 11.3 Å². The fourth-order valence-electron chi connectivity index (χ4n) is 3.69. The summed E-state index contributed by atoms with van der Waals surface area (Å²) in [5.74, 6) is 0. The topological polar surface area (TPSA) is 29.9 Å². The van der Waals surface area contributed by atoms with E-state index in [0.29, 0.717) is 12.1 Å². The summed E-state index contributed by atoms with van der Waals surface area (Å²) in [5, 5.41) is 10.7. The third kappa shape index (κ3) is 2.67. The van der Waals surface area contributed by atoms with E-state index in [1.165, 1.54) is 36.1 Å². The maximum absolute atomic E-state index is 4.66. The number of thiophene rings is 1. The zero-order valence-corrected chi connectivity index (χ0v) is 14.3. The molecule has 114 valence electrons. The lowest BCUT2D eigenvalue weighted by Crippen LogP contribution is -2.27. The highest BCUT2D eigenvalue weighted by atomic mass is 32.1. The van der Waals surface area contributed by atoms with Crippen LogP contribution in [0.4, 0.5) is 0 Å². The zero-order valence-electron chi connectivity index (χ0n) is 13.4. The van der Waals surface area contributed by atoms with Gasteiger partial charge in [-0.15, -0.1) is 11.3 Å². The van der Waals surface area contributed by atoms with Crippen molar-refractivity contribution in [3.05, 3.63) is 38.8 Å². The Labute approximate surface area is 131 Å². The van der Waals surface area contributed by atoms with E-state index >= 15 is 0 Å². The molecule has 1 N–H and O–H groups in total. The Morgan fingerprint density at radius 3 is 3.00 bits per heavy atom. The van der Waals surface area contributed by atoms with E-state index < -0.39 is 0 Å². The third-order valence-electron chi connectivity index (χ3n) is 4.67. The van der Waals surface area contributed by atoms with Crippen LogP contribution in [0.5, 0.6) is 0 Å². The molecule has 2 aromatic heterocycles. The van der Waals surface area contributed by atoms with E-state index in [2.05, 4.69) is 54.2 Å². The number of hydrogen-bond acceptors (Lipinski definition) is 3. The molecule has 0 saturated heterocycles. The Kier molecular flexibility index (Phi) is 4.18. The van der Waals surface area contributed by atoms with Gasteiger partial charge >= 0.3 is 0 Å². The van der Waals surface area contributed by atoms with E-state index in [4.69, 9.17) is 0 Å². The Morgan fingerprint density at radius 2 is 2.29 bits per heavy atom. The first-order valence-corrected chi connectivity index (χ1v) is 8.86. The first-order chi connectivity index (χ1) is 10.1. The molecule has 1 aliphatic rings. The highest BCUT2D eigenvalue weighted by Crippen LogP contribution is 2.35. The van der Waals surface area contributed by atoms with Crippen LogP contribution in [0.1, 0.15) is 66.2 Å². The number of rotatable bonds is 4. The molecule has 3 rings (SSSR count). The molecule has 21 heavy (non-hydrogen) atoms. The van der Waals surface area contributed by atoms with Crippen LogP contribution >= 0.6 is 11.3 Å². The molecule has 0 saturated carbocycles. The van der Waals surface area contributed by atoms with Gasteiger partial charge in [0.1, 0.15) is 0 Å². The Hall–Kier alpha value is -1.13. The highest BCUT2D eigenvalue weighted by molar-refractivity contribution is 7.10. The molecule has 0 fully saturated rings. The average molecular weight is 303 g/mol. The summed E-state index contributed by atoms with van der Waals surface area (Å²) in [7, 11) is 0. The van der Waals surface area contributed by atoms with Gasteiger partial charge in [-0.1, -0.05) is 0 Å². The molecule has 1 aliphatic carbocycles. The molecular formula is C17H25N3S. The van der Waals surface area contributed by atoms with Crippen LogP contribution in [-0.2, 0) is 13.0 Å². The van der Waals surface area contributed by atoms with E-state index in [-0.39, 0.29) is 0 Å². The minimum absolute atomic E-state index is 0.348. The summed E-state index contributed by atoms with van der Waals surface area (Å²) in [4.78, 5) is 1.57. The minimum Gasteiger partial charge on any atom is -0.303 e. The summed E-state index contributed by atoms with van der Waals surface area (Å²) in [5.41, 5.74) is 5.36. The smallest absolute Gasteiger partial charge is 0.0644 e. The van der Waals surface area contributed by atoms with Gasteiger partial charge in [0.2, 0.25) is 0 Å². The molecule has 2 unspecified atom stereocenters.